The lowest BCUT2D eigenvalue weighted by Crippen LogP contribution is -2.51. The Hall–Kier alpha value is -2.01. The van der Waals surface area contributed by atoms with Crippen LogP contribution in [0.4, 0.5) is 13.2 Å². The molecule has 0 aliphatic heterocycles. The Morgan fingerprint density at radius 3 is 1.67 bits per heavy atom. The number of alkyl halides is 3. The SMILES string of the molecule is COc1ccc([C@](N)(c2ccc(C)cc2)C(F)(F)F)cc1. The van der Waals surface area contributed by atoms with E-state index in [-0.39, 0.29) is 11.1 Å². The fraction of sp³-hybridized carbons (Fsp3) is 0.250. The highest BCUT2D eigenvalue weighted by atomic mass is 19.4. The zero-order valence-electron chi connectivity index (χ0n) is 11.7. The highest BCUT2D eigenvalue weighted by Crippen LogP contribution is 2.42. The molecule has 5 heteroatoms. The molecule has 2 N–H and O–H groups in total. The van der Waals surface area contributed by atoms with Crippen LogP contribution >= 0.6 is 0 Å². The topological polar surface area (TPSA) is 35.2 Å². The summed E-state index contributed by atoms with van der Waals surface area (Å²) in [7, 11) is 1.45. The van der Waals surface area contributed by atoms with Crippen LogP contribution in [0.3, 0.4) is 0 Å². The van der Waals surface area contributed by atoms with Gasteiger partial charge in [-0.15, -0.1) is 0 Å². The normalized spacial score (nSPS) is 14.6. The fourth-order valence-electron chi connectivity index (χ4n) is 2.16. The van der Waals surface area contributed by atoms with E-state index in [4.69, 9.17) is 10.5 Å². The molecule has 0 aromatic heterocycles. The molecule has 2 aromatic rings. The van der Waals surface area contributed by atoms with Gasteiger partial charge in [0, 0.05) is 0 Å². The minimum Gasteiger partial charge on any atom is -0.497 e. The molecule has 0 saturated carbocycles. The van der Waals surface area contributed by atoms with Gasteiger partial charge in [-0.1, -0.05) is 42.0 Å². The Bertz CT molecular complexity index is 605. The third-order valence-electron chi connectivity index (χ3n) is 3.50. The van der Waals surface area contributed by atoms with E-state index in [0.29, 0.717) is 5.75 Å². The average Bonchev–Trinajstić information content (AvgIpc) is 2.46. The summed E-state index contributed by atoms with van der Waals surface area (Å²) in [6.07, 6.45) is -4.61. The van der Waals surface area contributed by atoms with E-state index < -0.39 is 11.7 Å². The van der Waals surface area contributed by atoms with Gasteiger partial charge in [-0.3, -0.25) is 0 Å². The molecule has 2 nitrogen and oxygen atoms in total. The maximum absolute atomic E-state index is 13.6. The van der Waals surface area contributed by atoms with Gasteiger partial charge in [0.15, 0.2) is 5.54 Å². The van der Waals surface area contributed by atoms with Crippen molar-refractivity contribution < 1.29 is 17.9 Å². The van der Waals surface area contributed by atoms with Gasteiger partial charge in [0.25, 0.3) is 0 Å². The second kappa shape index (κ2) is 5.41. The first-order valence-corrected chi connectivity index (χ1v) is 6.36. The van der Waals surface area contributed by atoms with Gasteiger partial charge in [-0.2, -0.15) is 13.2 Å². The summed E-state index contributed by atoms with van der Waals surface area (Å²) < 4.78 is 45.8. The number of nitrogens with two attached hydrogens (primary N) is 1. The molecule has 0 amide bonds. The number of halogens is 3. The average molecular weight is 295 g/mol. The number of methoxy groups -OCH3 is 1. The quantitative estimate of drug-likeness (QED) is 0.935. The van der Waals surface area contributed by atoms with E-state index in [2.05, 4.69) is 0 Å². The zero-order valence-corrected chi connectivity index (χ0v) is 11.7. The van der Waals surface area contributed by atoms with Crippen LogP contribution < -0.4 is 10.5 Å². The molecular formula is C16H16F3NO. The van der Waals surface area contributed by atoms with Gasteiger partial charge in [-0.25, -0.2) is 0 Å². The number of rotatable bonds is 3. The van der Waals surface area contributed by atoms with Crippen LogP contribution in [0.5, 0.6) is 5.75 Å². The predicted molar refractivity (Wildman–Crippen MR) is 75.2 cm³/mol. The summed E-state index contributed by atoms with van der Waals surface area (Å²) in [5.74, 6) is 0.479. The Kier molecular flexibility index (Phi) is 3.96. The minimum absolute atomic E-state index is 0.00534. The molecule has 112 valence electrons. The van der Waals surface area contributed by atoms with Crippen molar-refractivity contribution in [3.8, 4) is 5.75 Å². The summed E-state index contributed by atoms with van der Waals surface area (Å²) in [4.78, 5) is 0. The summed E-state index contributed by atoms with van der Waals surface area (Å²) in [5, 5.41) is 0. The van der Waals surface area contributed by atoms with E-state index in [0.717, 1.165) is 5.56 Å². The standard InChI is InChI=1S/C16H16F3NO/c1-11-3-5-12(6-4-11)15(20,16(17,18)19)13-7-9-14(21-2)10-8-13/h3-10H,20H2,1-2H3/t15-/m1/s1. The molecule has 0 unspecified atom stereocenters. The van der Waals surface area contributed by atoms with Crippen LogP contribution in [0.1, 0.15) is 16.7 Å². The zero-order chi connectivity index (χ0) is 15.7. The smallest absolute Gasteiger partial charge is 0.414 e. The van der Waals surface area contributed by atoms with Crippen LogP contribution in [0.15, 0.2) is 48.5 Å². The Labute approximate surface area is 121 Å². The lowest BCUT2D eigenvalue weighted by Gasteiger charge is -2.33. The van der Waals surface area contributed by atoms with Gasteiger partial charge in [0.2, 0.25) is 0 Å². The first-order valence-electron chi connectivity index (χ1n) is 6.36. The van der Waals surface area contributed by atoms with Gasteiger partial charge < -0.3 is 10.5 Å². The van der Waals surface area contributed by atoms with Crippen LogP contribution in [0.25, 0.3) is 0 Å². The molecule has 0 aliphatic carbocycles. The molecule has 0 heterocycles. The van der Waals surface area contributed by atoms with Crippen LogP contribution in [-0.4, -0.2) is 13.3 Å². The Morgan fingerprint density at radius 1 is 0.857 bits per heavy atom. The number of ether oxygens (including phenoxy) is 1. The van der Waals surface area contributed by atoms with Gasteiger partial charge >= 0.3 is 6.18 Å². The number of aryl methyl sites for hydroxylation is 1. The minimum atomic E-state index is -4.61. The molecule has 2 rings (SSSR count). The van der Waals surface area contributed by atoms with E-state index >= 15 is 0 Å². The van der Waals surface area contributed by atoms with E-state index in [1.807, 2.05) is 6.92 Å². The molecule has 2 aromatic carbocycles. The van der Waals surface area contributed by atoms with Crippen molar-refractivity contribution in [1.29, 1.82) is 0 Å². The molecule has 0 spiro atoms. The Morgan fingerprint density at radius 2 is 1.29 bits per heavy atom. The van der Waals surface area contributed by atoms with E-state index in [9.17, 15) is 13.2 Å². The summed E-state index contributed by atoms with van der Waals surface area (Å²) in [5.41, 5.74) is 4.10. The van der Waals surface area contributed by atoms with Crippen molar-refractivity contribution >= 4 is 0 Å². The van der Waals surface area contributed by atoms with Gasteiger partial charge in [0.1, 0.15) is 5.75 Å². The molecule has 1 atom stereocenters. The molecule has 0 radical (unpaired) electrons. The summed E-state index contributed by atoms with van der Waals surface area (Å²) in [6.45, 7) is 1.81. The predicted octanol–water partition coefficient (Wildman–Crippen LogP) is 3.77. The summed E-state index contributed by atoms with van der Waals surface area (Å²) >= 11 is 0. The van der Waals surface area contributed by atoms with Crippen molar-refractivity contribution in [3.05, 3.63) is 65.2 Å². The third kappa shape index (κ3) is 2.74. The second-order valence-corrected chi connectivity index (χ2v) is 4.90. The Balaban J connectivity index is 2.58. The van der Waals surface area contributed by atoms with Crippen LogP contribution in [-0.2, 0) is 5.54 Å². The first-order chi connectivity index (χ1) is 9.79. The number of hydrogen-bond donors (Lipinski definition) is 1. The monoisotopic (exact) mass is 295 g/mol. The van der Waals surface area contributed by atoms with Crippen molar-refractivity contribution in [1.82, 2.24) is 0 Å². The number of benzene rings is 2. The molecular weight excluding hydrogens is 279 g/mol. The number of hydrogen-bond acceptors (Lipinski definition) is 2. The fourth-order valence-corrected chi connectivity index (χ4v) is 2.16. The van der Waals surface area contributed by atoms with E-state index in [1.54, 1.807) is 12.1 Å². The molecule has 0 saturated heterocycles. The largest absolute Gasteiger partial charge is 0.497 e. The highest BCUT2D eigenvalue weighted by molar-refractivity contribution is 5.42. The third-order valence-corrected chi connectivity index (χ3v) is 3.50. The molecule has 0 aliphatic rings. The molecule has 0 bridgehead atoms. The maximum atomic E-state index is 13.6. The van der Waals surface area contributed by atoms with Crippen LogP contribution in [0.2, 0.25) is 0 Å². The lowest BCUT2D eigenvalue weighted by molar-refractivity contribution is -0.176. The van der Waals surface area contributed by atoms with Crippen molar-refractivity contribution in [2.45, 2.75) is 18.6 Å². The lowest BCUT2D eigenvalue weighted by atomic mass is 9.83. The van der Waals surface area contributed by atoms with Crippen LogP contribution in [0, 0.1) is 6.92 Å². The molecule has 21 heavy (non-hydrogen) atoms. The van der Waals surface area contributed by atoms with Crippen molar-refractivity contribution in [2.75, 3.05) is 7.11 Å². The summed E-state index contributed by atoms with van der Waals surface area (Å²) in [6, 6.07) is 11.7. The van der Waals surface area contributed by atoms with Crippen molar-refractivity contribution in [3.63, 3.8) is 0 Å². The molecule has 0 fully saturated rings. The second-order valence-electron chi connectivity index (χ2n) is 4.90. The van der Waals surface area contributed by atoms with E-state index in [1.165, 1.54) is 43.5 Å². The first kappa shape index (κ1) is 15.4. The van der Waals surface area contributed by atoms with Gasteiger partial charge in [-0.05, 0) is 30.2 Å². The maximum Gasteiger partial charge on any atom is 0.414 e. The van der Waals surface area contributed by atoms with Crippen molar-refractivity contribution in [2.24, 2.45) is 5.73 Å². The van der Waals surface area contributed by atoms with Gasteiger partial charge in [0.05, 0.1) is 7.11 Å². The highest BCUT2D eigenvalue weighted by Gasteiger charge is 2.54.